The van der Waals surface area contributed by atoms with E-state index in [0.717, 1.165) is 0 Å². The molecule has 30 heavy (non-hydrogen) atoms. The fourth-order valence-corrected chi connectivity index (χ4v) is 4.04. The Kier molecular flexibility index (Phi) is 5.99. The largest absolute Gasteiger partial charge is 0.481 e. The van der Waals surface area contributed by atoms with Crippen molar-refractivity contribution in [1.82, 2.24) is 15.2 Å². The number of hydrogen-bond acceptors (Lipinski definition) is 7. The predicted molar refractivity (Wildman–Crippen MR) is 111 cm³/mol. The summed E-state index contributed by atoms with van der Waals surface area (Å²) in [6.07, 6.45) is 3.99. The average molecular weight is 424 g/mol. The van der Waals surface area contributed by atoms with E-state index in [1.54, 1.807) is 17.6 Å². The van der Waals surface area contributed by atoms with Crippen LogP contribution in [0.5, 0.6) is 5.88 Å². The second-order valence-corrected chi connectivity index (χ2v) is 7.82. The Hall–Kier alpha value is -3.33. The molecule has 2 aromatic heterocycles. The molecule has 0 radical (unpaired) electrons. The van der Waals surface area contributed by atoms with Gasteiger partial charge in [-0.05, 0) is 43.9 Å². The monoisotopic (exact) mass is 424 g/mol. The van der Waals surface area contributed by atoms with Gasteiger partial charge < -0.3 is 9.84 Å². The zero-order chi connectivity index (χ0) is 20.9. The zero-order valence-electron chi connectivity index (χ0n) is 16.0. The molecule has 0 aliphatic heterocycles. The molecule has 1 aliphatic carbocycles. The van der Waals surface area contributed by atoms with E-state index in [2.05, 4.69) is 15.2 Å². The lowest BCUT2D eigenvalue weighted by molar-refractivity contribution is -0.143. The quantitative estimate of drug-likeness (QED) is 0.639. The first-order valence-electron chi connectivity index (χ1n) is 9.63. The van der Waals surface area contributed by atoms with Crippen molar-refractivity contribution in [2.45, 2.75) is 31.8 Å². The lowest BCUT2D eigenvalue weighted by Crippen LogP contribution is -2.28. The molecule has 0 bridgehead atoms. The number of carbonyl (C=O) groups excluding carboxylic acids is 1. The van der Waals surface area contributed by atoms with E-state index in [9.17, 15) is 9.59 Å². The number of benzene rings is 1. The van der Waals surface area contributed by atoms with E-state index in [4.69, 9.17) is 9.84 Å². The Bertz CT molecular complexity index is 988. The van der Waals surface area contributed by atoms with Crippen LogP contribution in [0.2, 0.25) is 0 Å². The van der Waals surface area contributed by atoms with Gasteiger partial charge in [-0.2, -0.15) is 0 Å². The van der Waals surface area contributed by atoms with Gasteiger partial charge in [-0.1, -0.05) is 29.5 Å². The highest BCUT2D eigenvalue weighted by Crippen LogP contribution is 2.29. The van der Waals surface area contributed by atoms with Crippen molar-refractivity contribution in [3.63, 3.8) is 0 Å². The summed E-state index contributed by atoms with van der Waals surface area (Å²) in [5.41, 5.74) is 2.66. The van der Waals surface area contributed by atoms with E-state index < -0.39 is 5.97 Å². The molecule has 2 heterocycles. The molecule has 0 saturated heterocycles. The maximum atomic E-state index is 13.2. The van der Waals surface area contributed by atoms with Gasteiger partial charge in [-0.25, -0.2) is 4.98 Å². The van der Waals surface area contributed by atoms with Crippen LogP contribution in [0.25, 0.3) is 0 Å². The van der Waals surface area contributed by atoms with Crippen molar-refractivity contribution in [2.24, 2.45) is 5.92 Å². The Balaban J connectivity index is 1.46. The number of aliphatic carboxylic acids is 1. The Labute approximate surface area is 177 Å². The Morgan fingerprint density at radius 3 is 2.43 bits per heavy atom. The number of amides is 1. The fraction of sp³-hybridized carbons (Fsp3) is 0.286. The minimum atomic E-state index is -0.743. The predicted octanol–water partition coefficient (Wildman–Crippen LogP) is 3.93. The molecule has 1 N–H and O–H groups in total. The van der Waals surface area contributed by atoms with Gasteiger partial charge in [-0.3, -0.25) is 14.5 Å². The van der Waals surface area contributed by atoms with Crippen LogP contribution in [0, 0.1) is 5.92 Å². The summed E-state index contributed by atoms with van der Waals surface area (Å²) in [7, 11) is 0. The molecule has 1 amide bonds. The van der Waals surface area contributed by atoms with Gasteiger partial charge in [0.2, 0.25) is 11.0 Å². The first-order valence-corrected chi connectivity index (χ1v) is 10.5. The van der Waals surface area contributed by atoms with E-state index in [1.807, 2.05) is 30.3 Å². The van der Waals surface area contributed by atoms with Gasteiger partial charge in [0, 0.05) is 12.3 Å². The van der Waals surface area contributed by atoms with Crippen molar-refractivity contribution in [1.29, 1.82) is 0 Å². The molecule has 0 spiro atoms. The molecule has 1 aliphatic rings. The molecule has 1 aromatic carbocycles. The maximum absolute atomic E-state index is 13.2. The minimum absolute atomic E-state index is 0.0585. The fourth-order valence-electron chi connectivity index (χ4n) is 3.46. The number of hydrogen-bond donors (Lipinski definition) is 1. The summed E-state index contributed by atoms with van der Waals surface area (Å²) in [5.74, 6) is -0.874. The second-order valence-electron chi connectivity index (χ2n) is 7.01. The number of ether oxygens (including phenoxy) is 1. The van der Waals surface area contributed by atoms with Gasteiger partial charge in [-0.15, -0.1) is 10.2 Å². The average Bonchev–Trinajstić information content (AvgIpc) is 3.30. The smallest absolute Gasteiger partial charge is 0.306 e. The molecular weight excluding hydrogens is 404 g/mol. The number of aromatic nitrogens is 3. The number of carboxylic acid groups (broad SMARTS) is 1. The van der Waals surface area contributed by atoms with Gasteiger partial charge in [0.25, 0.3) is 5.91 Å². The third-order valence-corrected chi connectivity index (χ3v) is 5.73. The maximum Gasteiger partial charge on any atom is 0.306 e. The third kappa shape index (κ3) is 4.46. The lowest BCUT2D eigenvalue weighted by Gasteiger charge is -2.26. The normalized spacial score (nSPS) is 18.5. The highest BCUT2D eigenvalue weighted by atomic mass is 32.1. The van der Waals surface area contributed by atoms with Crippen LogP contribution in [0.3, 0.4) is 0 Å². The summed E-state index contributed by atoms with van der Waals surface area (Å²) in [6, 6.07) is 12.6. The summed E-state index contributed by atoms with van der Waals surface area (Å²) in [6.45, 7) is 0. The van der Waals surface area contributed by atoms with Crippen molar-refractivity contribution in [3.8, 4) is 5.88 Å². The first-order chi connectivity index (χ1) is 14.6. The highest BCUT2D eigenvalue weighted by Gasteiger charge is 2.27. The van der Waals surface area contributed by atoms with Crippen molar-refractivity contribution in [3.05, 3.63) is 59.7 Å². The van der Waals surface area contributed by atoms with Gasteiger partial charge in [0.15, 0.2) is 0 Å². The number of para-hydroxylation sites is 1. The SMILES string of the molecule is O=C(O)C1CCC(Oc2ccc(C(=O)N(c3ccccc3)c3nncs3)cn2)CC1. The van der Waals surface area contributed by atoms with Crippen LogP contribution < -0.4 is 9.64 Å². The molecule has 9 heteroatoms. The van der Waals surface area contributed by atoms with Gasteiger partial charge in [0.05, 0.1) is 17.2 Å². The number of nitrogens with zero attached hydrogens (tertiary/aromatic N) is 4. The highest BCUT2D eigenvalue weighted by molar-refractivity contribution is 7.13. The van der Waals surface area contributed by atoms with Crippen molar-refractivity contribution in [2.75, 3.05) is 4.90 Å². The molecule has 0 unspecified atom stereocenters. The lowest BCUT2D eigenvalue weighted by atomic mass is 9.87. The summed E-state index contributed by atoms with van der Waals surface area (Å²) < 4.78 is 5.89. The molecule has 8 nitrogen and oxygen atoms in total. The molecular formula is C21H20N4O4S. The third-order valence-electron chi connectivity index (χ3n) is 5.05. The van der Waals surface area contributed by atoms with Crippen molar-refractivity contribution < 1.29 is 19.4 Å². The van der Waals surface area contributed by atoms with Crippen LogP contribution in [-0.4, -0.2) is 38.3 Å². The number of rotatable bonds is 6. The van der Waals surface area contributed by atoms with Gasteiger partial charge in [0.1, 0.15) is 11.6 Å². The van der Waals surface area contributed by atoms with Crippen LogP contribution in [0.4, 0.5) is 10.8 Å². The number of pyridine rings is 1. The molecule has 1 saturated carbocycles. The summed E-state index contributed by atoms with van der Waals surface area (Å²) in [5, 5.41) is 17.5. The van der Waals surface area contributed by atoms with E-state index in [-0.39, 0.29) is 17.9 Å². The minimum Gasteiger partial charge on any atom is -0.481 e. The molecule has 1 fully saturated rings. The number of carboxylic acids is 1. The van der Waals surface area contributed by atoms with E-state index in [1.165, 1.54) is 22.4 Å². The van der Waals surface area contributed by atoms with Crippen molar-refractivity contribution >= 4 is 34.0 Å². The second kappa shape index (κ2) is 9.00. The standard InChI is InChI=1S/C21H20N4O4S/c26-19(25(21-24-23-13-30-21)16-4-2-1-3-5-16)15-8-11-18(22-12-15)29-17-9-6-14(7-10-17)20(27)28/h1-5,8,11-14,17H,6-7,9-10H2,(H,27,28). The molecule has 154 valence electrons. The summed E-state index contributed by atoms with van der Waals surface area (Å²) >= 11 is 1.27. The molecule has 0 atom stereocenters. The number of carbonyl (C=O) groups is 2. The van der Waals surface area contributed by atoms with Gasteiger partial charge >= 0.3 is 5.97 Å². The topological polar surface area (TPSA) is 106 Å². The molecule has 3 aromatic rings. The first kappa shape index (κ1) is 20.0. The van der Waals surface area contributed by atoms with Crippen LogP contribution in [0.15, 0.2) is 54.2 Å². The zero-order valence-corrected chi connectivity index (χ0v) is 16.9. The summed E-state index contributed by atoms with van der Waals surface area (Å²) in [4.78, 5) is 30.0. The Morgan fingerprint density at radius 1 is 1.07 bits per heavy atom. The van der Waals surface area contributed by atoms with E-state index in [0.29, 0.717) is 47.9 Å². The number of anilines is 2. The molecule has 4 rings (SSSR count). The van der Waals surface area contributed by atoms with Crippen LogP contribution in [0.1, 0.15) is 36.0 Å². The van der Waals surface area contributed by atoms with E-state index >= 15 is 0 Å². The van der Waals surface area contributed by atoms with Crippen LogP contribution >= 0.6 is 11.3 Å². The Morgan fingerprint density at radius 2 is 1.83 bits per heavy atom. The van der Waals surface area contributed by atoms with Crippen LogP contribution in [-0.2, 0) is 4.79 Å².